The molecule has 2 saturated carbocycles. The molecular formula is C15H15F3O3. The van der Waals surface area contributed by atoms with Gasteiger partial charge in [0.15, 0.2) is 0 Å². The lowest BCUT2D eigenvalue weighted by atomic mass is 9.63. The summed E-state index contributed by atoms with van der Waals surface area (Å²) < 4.78 is 45.8. The van der Waals surface area contributed by atoms with Crippen LogP contribution in [0.3, 0.4) is 0 Å². The van der Waals surface area contributed by atoms with Crippen molar-refractivity contribution in [2.75, 3.05) is 0 Å². The van der Waals surface area contributed by atoms with Crippen molar-refractivity contribution in [2.24, 2.45) is 5.41 Å². The molecule has 1 atom stereocenters. The molecule has 0 aromatic heterocycles. The Morgan fingerprint density at radius 2 is 1.62 bits per heavy atom. The first-order valence-corrected chi connectivity index (χ1v) is 6.95. The monoisotopic (exact) mass is 300 g/mol. The molecule has 3 nitrogen and oxygen atoms in total. The smallest absolute Gasteiger partial charge is 0.489 e. The molecule has 1 aromatic carbocycles. The zero-order valence-electron chi connectivity index (χ0n) is 11.3. The van der Waals surface area contributed by atoms with Gasteiger partial charge in [0.05, 0.1) is 5.41 Å². The lowest BCUT2D eigenvalue weighted by Gasteiger charge is -2.44. The summed E-state index contributed by atoms with van der Waals surface area (Å²) in [5, 5.41) is 0. The molecule has 2 aliphatic carbocycles. The maximum Gasteiger partial charge on any atom is 0.573 e. The molecule has 1 spiro atoms. The second kappa shape index (κ2) is 4.93. The van der Waals surface area contributed by atoms with Crippen LogP contribution in [0.1, 0.15) is 32.1 Å². The van der Waals surface area contributed by atoms with Gasteiger partial charge in [0, 0.05) is 6.42 Å². The summed E-state index contributed by atoms with van der Waals surface area (Å²) in [6, 6.07) is 5.30. The Hall–Kier alpha value is -1.72. The number of hydrogen-bond acceptors (Lipinski definition) is 3. The number of halogens is 3. The number of ketones is 1. The molecule has 2 fully saturated rings. The summed E-state index contributed by atoms with van der Waals surface area (Å²) in [6.07, 6.45) is -0.690. The topological polar surface area (TPSA) is 35.5 Å². The van der Waals surface area contributed by atoms with Crippen LogP contribution in [-0.4, -0.2) is 18.2 Å². The van der Waals surface area contributed by atoms with Gasteiger partial charge in [-0.2, -0.15) is 0 Å². The molecule has 21 heavy (non-hydrogen) atoms. The van der Waals surface area contributed by atoms with Gasteiger partial charge < -0.3 is 9.47 Å². The van der Waals surface area contributed by atoms with E-state index in [-0.39, 0.29) is 23.1 Å². The highest BCUT2D eigenvalue weighted by Gasteiger charge is 2.57. The van der Waals surface area contributed by atoms with Gasteiger partial charge in [-0.1, -0.05) is 12.8 Å². The summed E-state index contributed by atoms with van der Waals surface area (Å²) in [5.74, 6) is 0.436. The van der Waals surface area contributed by atoms with Gasteiger partial charge in [0.25, 0.3) is 0 Å². The SMILES string of the molecule is O=C1CC(Oc2ccc(OC(F)(F)F)cc2)C12CCCC2. The Morgan fingerprint density at radius 1 is 1.05 bits per heavy atom. The normalized spacial score (nSPS) is 24.0. The third-order valence-electron chi connectivity index (χ3n) is 4.37. The Balaban J connectivity index is 1.65. The molecule has 1 unspecified atom stereocenters. The summed E-state index contributed by atoms with van der Waals surface area (Å²) in [7, 11) is 0. The number of alkyl halides is 3. The van der Waals surface area contributed by atoms with Crippen molar-refractivity contribution in [1.29, 1.82) is 0 Å². The van der Waals surface area contributed by atoms with E-state index in [2.05, 4.69) is 4.74 Å². The summed E-state index contributed by atoms with van der Waals surface area (Å²) in [5.41, 5.74) is -0.346. The number of hydrogen-bond donors (Lipinski definition) is 0. The van der Waals surface area contributed by atoms with Crippen LogP contribution in [0.5, 0.6) is 11.5 Å². The van der Waals surface area contributed by atoms with E-state index in [4.69, 9.17) is 4.74 Å². The van der Waals surface area contributed by atoms with E-state index in [0.29, 0.717) is 12.2 Å². The average molecular weight is 300 g/mol. The van der Waals surface area contributed by atoms with E-state index in [1.807, 2.05) is 0 Å². The number of carbonyl (C=O) groups is 1. The highest BCUT2D eigenvalue weighted by atomic mass is 19.4. The van der Waals surface area contributed by atoms with Crippen molar-refractivity contribution in [3.05, 3.63) is 24.3 Å². The van der Waals surface area contributed by atoms with Crippen LogP contribution in [0.4, 0.5) is 13.2 Å². The quantitative estimate of drug-likeness (QED) is 0.850. The van der Waals surface area contributed by atoms with Crippen LogP contribution in [0.2, 0.25) is 0 Å². The van der Waals surface area contributed by atoms with Gasteiger partial charge in [0.2, 0.25) is 0 Å². The predicted octanol–water partition coefficient (Wildman–Crippen LogP) is 3.87. The molecule has 0 amide bonds. The van der Waals surface area contributed by atoms with Gasteiger partial charge in [-0.15, -0.1) is 13.2 Å². The molecular weight excluding hydrogens is 285 g/mol. The fraction of sp³-hybridized carbons (Fsp3) is 0.533. The van der Waals surface area contributed by atoms with Crippen molar-refractivity contribution >= 4 is 5.78 Å². The summed E-state index contributed by atoms with van der Waals surface area (Å²) >= 11 is 0. The maximum absolute atomic E-state index is 12.1. The Bertz CT molecular complexity index is 530. The van der Waals surface area contributed by atoms with E-state index in [0.717, 1.165) is 25.7 Å². The van der Waals surface area contributed by atoms with E-state index in [9.17, 15) is 18.0 Å². The Morgan fingerprint density at radius 3 is 2.14 bits per heavy atom. The Kier molecular flexibility index (Phi) is 3.34. The Labute approximate surface area is 120 Å². The molecule has 0 N–H and O–H groups in total. The maximum atomic E-state index is 12.1. The highest BCUT2D eigenvalue weighted by Crippen LogP contribution is 2.52. The second-order valence-corrected chi connectivity index (χ2v) is 5.62. The number of Topliss-reactive ketones (excluding diaryl/α,β-unsaturated/α-hetero) is 1. The first-order chi connectivity index (χ1) is 9.89. The van der Waals surface area contributed by atoms with Crippen molar-refractivity contribution in [3.63, 3.8) is 0 Å². The highest BCUT2D eigenvalue weighted by molar-refractivity contribution is 5.92. The molecule has 3 rings (SSSR count). The molecule has 6 heteroatoms. The fourth-order valence-corrected chi connectivity index (χ4v) is 3.26. The third-order valence-corrected chi connectivity index (χ3v) is 4.37. The minimum absolute atomic E-state index is 0.151. The van der Waals surface area contributed by atoms with E-state index < -0.39 is 6.36 Å². The molecule has 0 radical (unpaired) electrons. The zero-order chi connectivity index (χ0) is 15.1. The number of benzene rings is 1. The van der Waals surface area contributed by atoms with Crippen LogP contribution < -0.4 is 9.47 Å². The molecule has 114 valence electrons. The first-order valence-electron chi connectivity index (χ1n) is 6.95. The lowest BCUT2D eigenvalue weighted by Crippen LogP contribution is -2.55. The molecule has 0 aliphatic heterocycles. The number of ether oxygens (including phenoxy) is 2. The van der Waals surface area contributed by atoms with Crippen LogP contribution >= 0.6 is 0 Å². The molecule has 0 saturated heterocycles. The van der Waals surface area contributed by atoms with Crippen LogP contribution in [0.25, 0.3) is 0 Å². The van der Waals surface area contributed by atoms with E-state index in [1.54, 1.807) is 0 Å². The molecule has 1 aromatic rings. The first kappa shape index (κ1) is 14.2. The van der Waals surface area contributed by atoms with Gasteiger partial charge >= 0.3 is 6.36 Å². The minimum Gasteiger partial charge on any atom is -0.489 e. The van der Waals surface area contributed by atoms with E-state index in [1.165, 1.54) is 24.3 Å². The average Bonchev–Trinajstić information content (AvgIpc) is 2.91. The predicted molar refractivity (Wildman–Crippen MR) is 68.1 cm³/mol. The van der Waals surface area contributed by atoms with Crippen LogP contribution in [0, 0.1) is 5.41 Å². The third kappa shape index (κ3) is 2.71. The summed E-state index contributed by atoms with van der Waals surface area (Å²) in [6.45, 7) is 0. The van der Waals surface area contributed by atoms with E-state index >= 15 is 0 Å². The molecule has 2 aliphatic rings. The second-order valence-electron chi connectivity index (χ2n) is 5.62. The van der Waals surface area contributed by atoms with Gasteiger partial charge in [-0.05, 0) is 37.1 Å². The van der Waals surface area contributed by atoms with Crippen LogP contribution in [-0.2, 0) is 4.79 Å². The minimum atomic E-state index is -4.70. The number of rotatable bonds is 3. The van der Waals surface area contributed by atoms with Crippen molar-refractivity contribution in [3.8, 4) is 11.5 Å². The largest absolute Gasteiger partial charge is 0.573 e. The molecule has 0 heterocycles. The van der Waals surface area contributed by atoms with Crippen molar-refractivity contribution in [2.45, 2.75) is 44.6 Å². The standard InChI is InChI=1S/C15H15F3O3/c16-15(17,18)21-11-5-3-10(4-6-11)20-13-9-12(19)14(13)7-1-2-8-14/h3-6,13H,1-2,7-9H2. The fourth-order valence-electron chi connectivity index (χ4n) is 3.26. The van der Waals surface area contributed by atoms with Gasteiger partial charge in [-0.25, -0.2) is 0 Å². The molecule has 0 bridgehead atoms. The lowest BCUT2D eigenvalue weighted by molar-refractivity contribution is -0.274. The number of carbonyl (C=O) groups excluding carboxylic acids is 1. The van der Waals surface area contributed by atoms with Gasteiger partial charge in [0.1, 0.15) is 23.4 Å². The zero-order valence-corrected chi connectivity index (χ0v) is 11.3. The van der Waals surface area contributed by atoms with Crippen LogP contribution in [0.15, 0.2) is 24.3 Å². The summed E-state index contributed by atoms with van der Waals surface area (Å²) in [4.78, 5) is 11.8. The van der Waals surface area contributed by atoms with Crippen molar-refractivity contribution in [1.82, 2.24) is 0 Å². The van der Waals surface area contributed by atoms with Crippen molar-refractivity contribution < 1.29 is 27.4 Å². The van der Waals surface area contributed by atoms with Gasteiger partial charge in [-0.3, -0.25) is 4.79 Å².